The van der Waals surface area contributed by atoms with Crippen LogP contribution in [0.5, 0.6) is 5.75 Å². The highest BCUT2D eigenvalue weighted by atomic mass is 35.5. The number of benzene rings is 2. The number of likely N-dealkylation sites (N-methyl/N-ethyl adjacent to an activating group) is 1. The number of carbonyl (C=O) groups excluding carboxylic acids is 3. The third-order valence-corrected chi connectivity index (χ3v) is 6.68. The monoisotopic (exact) mass is 564 g/mol. The summed E-state index contributed by atoms with van der Waals surface area (Å²) in [5, 5.41) is 8.60. The smallest absolute Gasteiger partial charge is 0.323 e. The van der Waals surface area contributed by atoms with Gasteiger partial charge in [-0.1, -0.05) is 61.7 Å². The Labute approximate surface area is 238 Å². The minimum atomic E-state index is -0.484. The van der Waals surface area contributed by atoms with Crippen LogP contribution < -0.4 is 25.6 Å². The zero-order valence-electron chi connectivity index (χ0n) is 22.6. The fourth-order valence-corrected chi connectivity index (χ4v) is 4.62. The van der Waals surface area contributed by atoms with Crippen LogP contribution in [-0.4, -0.2) is 47.5 Å². The number of ether oxygens (including phenoxy) is 1. The summed E-state index contributed by atoms with van der Waals surface area (Å²) in [6, 6.07) is 16.2. The van der Waals surface area contributed by atoms with E-state index in [4.69, 9.17) is 16.3 Å². The molecule has 3 aromatic rings. The molecule has 0 radical (unpaired) electrons. The Hall–Kier alpha value is -4.18. The number of aromatic nitrogens is 2. The number of nitrogens with one attached hydrogen (secondary N) is 3. The van der Waals surface area contributed by atoms with Crippen LogP contribution in [0.2, 0.25) is 5.15 Å². The van der Waals surface area contributed by atoms with Gasteiger partial charge in [0.2, 0.25) is 11.7 Å². The maximum Gasteiger partial charge on any atom is 0.323 e. The van der Waals surface area contributed by atoms with E-state index in [9.17, 15) is 14.4 Å². The molecule has 1 aliphatic carbocycles. The van der Waals surface area contributed by atoms with Crippen molar-refractivity contribution in [3.05, 3.63) is 71.1 Å². The number of anilines is 3. The third-order valence-electron chi connectivity index (χ3n) is 6.43. The molecule has 1 heterocycles. The molecule has 1 fully saturated rings. The number of hydrogen-bond donors (Lipinski definition) is 3. The zero-order chi connectivity index (χ0) is 28.5. The average molecular weight is 565 g/mol. The van der Waals surface area contributed by atoms with E-state index in [1.165, 1.54) is 0 Å². The zero-order valence-corrected chi connectivity index (χ0v) is 23.3. The Bertz CT molecular complexity index is 1330. The standard InChI is InChI=1S/C29H33ClN6O4/c1-3-25(38)40-26-27(30)34-23(35-28(26)36(2)18-24(37)31-20-11-7-8-12-20)17-19-13-15-22(16-14-19)33-29(39)32-21-9-5-4-6-10-21/h4-6,9-10,13-16,20H,3,7-8,11-12,17-18H2,1-2H3,(H,31,37)(H2,32,33,39). The summed E-state index contributed by atoms with van der Waals surface area (Å²) in [5.41, 5.74) is 2.18. The normalized spacial score (nSPS) is 13.0. The molecule has 210 valence electrons. The molecular weight excluding hydrogens is 532 g/mol. The second-order valence-corrected chi connectivity index (χ2v) is 9.99. The lowest BCUT2D eigenvalue weighted by atomic mass is 10.1. The highest BCUT2D eigenvalue weighted by Gasteiger charge is 2.23. The molecule has 0 bridgehead atoms. The molecule has 40 heavy (non-hydrogen) atoms. The van der Waals surface area contributed by atoms with Crippen molar-refractivity contribution in [2.24, 2.45) is 0 Å². The summed E-state index contributed by atoms with van der Waals surface area (Å²) in [6.45, 7) is 1.69. The molecule has 0 atom stereocenters. The van der Waals surface area contributed by atoms with Gasteiger partial charge in [0.05, 0.1) is 6.54 Å². The highest BCUT2D eigenvalue weighted by Crippen LogP contribution is 2.33. The van der Waals surface area contributed by atoms with Crippen molar-refractivity contribution < 1.29 is 19.1 Å². The van der Waals surface area contributed by atoms with E-state index in [1.54, 1.807) is 43.1 Å². The van der Waals surface area contributed by atoms with Gasteiger partial charge in [-0.15, -0.1) is 0 Å². The van der Waals surface area contributed by atoms with Gasteiger partial charge in [-0.05, 0) is 42.7 Å². The lowest BCUT2D eigenvalue weighted by Crippen LogP contribution is -2.40. The molecule has 0 saturated heterocycles. The summed E-state index contributed by atoms with van der Waals surface area (Å²) in [6.07, 6.45) is 4.65. The highest BCUT2D eigenvalue weighted by molar-refractivity contribution is 6.31. The quantitative estimate of drug-likeness (QED) is 0.229. The predicted molar refractivity (Wildman–Crippen MR) is 155 cm³/mol. The van der Waals surface area contributed by atoms with Gasteiger partial charge in [0.25, 0.3) is 0 Å². The Morgan fingerprint density at radius 1 is 0.975 bits per heavy atom. The number of hydrogen-bond acceptors (Lipinski definition) is 7. The third kappa shape index (κ3) is 8.16. The lowest BCUT2D eigenvalue weighted by Gasteiger charge is -2.22. The van der Waals surface area contributed by atoms with Gasteiger partial charge < -0.3 is 25.6 Å². The largest absolute Gasteiger partial charge is 0.419 e. The van der Waals surface area contributed by atoms with Gasteiger partial charge in [-0.2, -0.15) is 0 Å². The van der Waals surface area contributed by atoms with Crippen LogP contribution >= 0.6 is 11.6 Å². The number of urea groups is 1. The molecular formula is C29H33ClN6O4. The van der Waals surface area contributed by atoms with E-state index in [1.807, 2.05) is 30.3 Å². The van der Waals surface area contributed by atoms with E-state index in [0.717, 1.165) is 31.2 Å². The lowest BCUT2D eigenvalue weighted by molar-refractivity contribution is -0.134. The molecule has 4 rings (SSSR count). The summed E-state index contributed by atoms with van der Waals surface area (Å²) < 4.78 is 5.45. The number of halogens is 1. The molecule has 2 aromatic carbocycles. The first-order chi connectivity index (χ1) is 19.3. The van der Waals surface area contributed by atoms with Crippen molar-refractivity contribution in [2.45, 2.75) is 51.5 Å². The van der Waals surface area contributed by atoms with Crippen LogP contribution in [0.15, 0.2) is 54.6 Å². The molecule has 1 aromatic heterocycles. The van der Waals surface area contributed by atoms with Crippen molar-refractivity contribution >= 4 is 46.7 Å². The van der Waals surface area contributed by atoms with Crippen molar-refractivity contribution in [3.63, 3.8) is 0 Å². The molecule has 3 amide bonds. The Balaban J connectivity index is 1.46. The number of carbonyl (C=O) groups is 3. The van der Waals surface area contributed by atoms with E-state index in [-0.39, 0.29) is 47.7 Å². The summed E-state index contributed by atoms with van der Waals surface area (Å²) in [5.74, 6) is 0.0501. The van der Waals surface area contributed by atoms with Crippen LogP contribution in [0.25, 0.3) is 0 Å². The number of rotatable bonds is 10. The molecule has 0 aliphatic heterocycles. The first-order valence-corrected chi connectivity index (χ1v) is 13.7. The summed E-state index contributed by atoms with van der Waals surface area (Å²) in [4.78, 5) is 47.6. The Kier molecular flexibility index (Phi) is 9.91. The molecule has 10 nitrogen and oxygen atoms in total. The van der Waals surface area contributed by atoms with Crippen molar-refractivity contribution in [1.29, 1.82) is 0 Å². The Morgan fingerprint density at radius 2 is 1.62 bits per heavy atom. The molecule has 11 heteroatoms. The average Bonchev–Trinajstić information content (AvgIpc) is 3.44. The second kappa shape index (κ2) is 13.7. The van der Waals surface area contributed by atoms with Crippen LogP contribution in [-0.2, 0) is 16.0 Å². The second-order valence-electron chi connectivity index (χ2n) is 9.63. The number of esters is 1. The van der Waals surface area contributed by atoms with Gasteiger partial charge >= 0.3 is 12.0 Å². The summed E-state index contributed by atoms with van der Waals surface area (Å²) >= 11 is 6.46. The number of nitrogens with zero attached hydrogens (tertiary/aromatic N) is 3. The first kappa shape index (κ1) is 28.8. The van der Waals surface area contributed by atoms with Gasteiger partial charge in [0.1, 0.15) is 5.82 Å². The van der Waals surface area contributed by atoms with Gasteiger partial charge in [0, 0.05) is 37.3 Å². The van der Waals surface area contributed by atoms with E-state index < -0.39 is 5.97 Å². The molecule has 3 N–H and O–H groups in total. The molecule has 1 saturated carbocycles. The van der Waals surface area contributed by atoms with E-state index in [2.05, 4.69) is 25.9 Å². The maximum absolute atomic E-state index is 12.7. The minimum absolute atomic E-state index is 0.0132. The van der Waals surface area contributed by atoms with Crippen molar-refractivity contribution in [3.8, 4) is 5.75 Å². The minimum Gasteiger partial charge on any atom is -0.419 e. The molecule has 0 unspecified atom stereocenters. The first-order valence-electron chi connectivity index (χ1n) is 13.3. The van der Waals surface area contributed by atoms with Crippen LogP contribution in [0.4, 0.5) is 22.0 Å². The van der Waals surface area contributed by atoms with Gasteiger partial charge in [0.15, 0.2) is 11.0 Å². The fourth-order valence-electron chi connectivity index (χ4n) is 4.40. The summed E-state index contributed by atoms with van der Waals surface area (Å²) in [7, 11) is 1.70. The van der Waals surface area contributed by atoms with Gasteiger partial charge in [-0.3, -0.25) is 9.59 Å². The fraction of sp³-hybridized carbons (Fsp3) is 0.345. The maximum atomic E-state index is 12.7. The molecule has 0 spiro atoms. The molecule has 1 aliphatic rings. The van der Waals surface area contributed by atoms with Crippen molar-refractivity contribution in [2.75, 3.05) is 29.1 Å². The van der Waals surface area contributed by atoms with Crippen molar-refractivity contribution in [1.82, 2.24) is 15.3 Å². The van der Waals surface area contributed by atoms with Crippen LogP contribution in [0, 0.1) is 0 Å². The SMILES string of the molecule is CCC(=O)Oc1c(Cl)nc(Cc2ccc(NC(=O)Nc3ccccc3)cc2)nc1N(C)CC(=O)NC1CCCC1. The van der Waals surface area contributed by atoms with Crippen LogP contribution in [0.1, 0.15) is 50.4 Å². The van der Waals surface area contributed by atoms with Gasteiger partial charge in [-0.25, -0.2) is 14.8 Å². The predicted octanol–water partition coefficient (Wildman–Crippen LogP) is 5.18. The van der Waals surface area contributed by atoms with E-state index >= 15 is 0 Å². The Morgan fingerprint density at radius 3 is 2.27 bits per heavy atom. The topological polar surface area (TPSA) is 126 Å². The number of amides is 3. The van der Waals surface area contributed by atoms with E-state index in [0.29, 0.717) is 23.6 Å². The van der Waals surface area contributed by atoms with Crippen LogP contribution in [0.3, 0.4) is 0 Å². The number of para-hydroxylation sites is 1.